The van der Waals surface area contributed by atoms with E-state index in [1.54, 1.807) is 12.0 Å². The molecule has 2 aliphatic carbocycles. The zero-order valence-electron chi connectivity index (χ0n) is 19.2. The van der Waals surface area contributed by atoms with Crippen LogP contribution in [0.4, 0.5) is 0 Å². The van der Waals surface area contributed by atoms with Crippen LogP contribution < -0.4 is 15.4 Å². The summed E-state index contributed by atoms with van der Waals surface area (Å²) in [4.78, 5) is 38.3. The lowest BCUT2D eigenvalue weighted by molar-refractivity contribution is -0.136. The zero-order valence-corrected chi connectivity index (χ0v) is 19.2. The third-order valence-corrected chi connectivity index (χ3v) is 7.67. The van der Waals surface area contributed by atoms with E-state index in [4.69, 9.17) is 9.47 Å². The molecule has 5 atom stereocenters. The summed E-state index contributed by atoms with van der Waals surface area (Å²) >= 11 is 0. The first-order chi connectivity index (χ1) is 16.0. The van der Waals surface area contributed by atoms with Gasteiger partial charge in [0.1, 0.15) is 17.9 Å². The number of nitrogens with one attached hydrogen (secondary N) is 2. The number of amides is 3. The molecule has 1 unspecified atom stereocenters. The molecule has 3 amide bonds. The van der Waals surface area contributed by atoms with E-state index in [9.17, 15) is 14.4 Å². The second-order valence-electron chi connectivity index (χ2n) is 9.74. The largest absolute Gasteiger partial charge is 0.489 e. The van der Waals surface area contributed by atoms with Gasteiger partial charge >= 0.3 is 0 Å². The highest BCUT2D eigenvalue weighted by atomic mass is 16.5. The average molecular weight is 456 g/mol. The average Bonchev–Trinajstić information content (AvgIpc) is 3.39. The van der Waals surface area contributed by atoms with Crippen molar-refractivity contribution in [2.24, 2.45) is 0 Å². The van der Waals surface area contributed by atoms with Gasteiger partial charge in [0.2, 0.25) is 11.8 Å². The van der Waals surface area contributed by atoms with Gasteiger partial charge in [-0.15, -0.1) is 0 Å². The van der Waals surface area contributed by atoms with Crippen molar-refractivity contribution < 1.29 is 23.9 Å². The minimum absolute atomic E-state index is 0.0817. The van der Waals surface area contributed by atoms with Gasteiger partial charge in [0.25, 0.3) is 5.91 Å². The quantitative estimate of drug-likeness (QED) is 0.639. The van der Waals surface area contributed by atoms with Gasteiger partial charge in [-0.1, -0.05) is 6.42 Å². The molecular formula is C25H33N3O5. The van der Waals surface area contributed by atoms with Crippen LogP contribution in [0.25, 0.3) is 0 Å². The van der Waals surface area contributed by atoms with Crippen molar-refractivity contribution in [3.63, 3.8) is 0 Å². The van der Waals surface area contributed by atoms with E-state index in [1.165, 1.54) is 12.8 Å². The molecule has 2 heterocycles. The lowest BCUT2D eigenvalue weighted by atomic mass is 9.91. The molecular weight excluding hydrogens is 422 g/mol. The number of benzene rings is 1. The molecule has 0 spiro atoms. The highest BCUT2D eigenvalue weighted by Gasteiger charge is 2.39. The monoisotopic (exact) mass is 455 g/mol. The molecule has 178 valence electrons. The molecule has 2 aliphatic heterocycles. The Hall–Kier alpha value is -2.45. The van der Waals surface area contributed by atoms with E-state index < -0.39 is 6.04 Å². The second-order valence-corrected chi connectivity index (χ2v) is 9.74. The number of ether oxygens (including phenoxy) is 2. The molecule has 2 saturated carbocycles. The van der Waals surface area contributed by atoms with Gasteiger partial charge in [0.15, 0.2) is 0 Å². The fourth-order valence-corrected chi connectivity index (χ4v) is 5.90. The molecule has 1 aromatic rings. The van der Waals surface area contributed by atoms with Crippen LogP contribution in [0, 0.1) is 0 Å². The number of rotatable bonds is 6. The molecule has 33 heavy (non-hydrogen) atoms. The van der Waals surface area contributed by atoms with E-state index in [0.717, 1.165) is 43.4 Å². The Bertz CT molecular complexity index is 935. The van der Waals surface area contributed by atoms with Crippen LogP contribution in [0.1, 0.15) is 73.7 Å². The molecule has 0 bridgehead atoms. The Morgan fingerprint density at radius 1 is 0.970 bits per heavy atom. The maximum Gasteiger partial charge on any atom is 0.255 e. The molecule has 0 aromatic heterocycles. The van der Waals surface area contributed by atoms with E-state index in [0.29, 0.717) is 24.6 Å². The van der Waals surface area contributed by atoms with E-state index in [1.807, 2.05) is 18.2 Å². The number of carbonyl (C=O) groups is 3. The normalized spacial score (nSPS) is 32.1. The topological polar surface area (TPSA) is 97.0 Å². The van der Waals surface area contributed by atoms with Gasteiger partial charge in [-0.2, -0.15) is 0 Å². The molecule has 1 saturated heterocycles. The van der Waals surface area contributed by atoms with Crippen LogP contribution in [0.3, 0.4) is 0 Å². The lowest BCUT2D eigenvalue weighted by Gasteiger charge is -2.35. The Morgan fingerprint density at radius 2 is 1.73 bits per heavy atom. The van der Waals surface area contributed by atoms with Gasteiger partial charge in [0, 0.05) is 37.7 Å². The summed E-state index contributed by atoms with van der Waals surface area (Å²) in [7, 11) is 1.80. The van der Waals surface area contributed by atoms with E-state index in [-0.39, 0.29) is 42.4 Å². The van der Waals surface area contributed by atoms with Crippen LogP contribution in [0.5, 0.6) is 5.75 Å². The summed E-state index contributed by atoms with van der Waals surface area (Å²) in [6, 6.07) is 5.68. The lowest BCUT2D eigenvalue weighted by Crippen LogP contribution is -2.52. The van der Waals surface area contributed by atoms with Gasteiger partial charge in [0.05, 0.1) is 6.10 Å². The van der Waals surface area contributed by atoms with Crippen molar-refractivity contribution >= 4 is 17.7 Å². The number of imide groups is 1. The van der Waals surface area contributed by atoms with Crippen molar-refractivity contribution in [3.8, 4) is 5.75 Å². The minimum atomic E-state index is -0.598. The summed E-state index contributed by atoms with van der Waals surface area (Å²) in [5, 5.41) is 6.17. The SMILES string of the molecule is CO[C@@H]1CCC[C@H]1N[C@@H]1CCCC[C@H]1Oc1ccc2c(c1)CN(C1CCC(=O)NC1=O)C2=O. The Morgan fingerprint density at radius 3 is 2.55 bits per heavy atom. The minimum Gasteiger partial charge on any atom is -0.489 e. The van der Waals surface area contributed by atoms with Crippen molar-refractivity contribution in [3.05, 3.63) is 29.3 Å². The van der Waals surface area contributed by atoms with Crippen LogP contribution >= 0.6 is 0 Å². The number of fused-ring (bicyclic) bond motifs is 1. The number of hydrogen-bond donors (Lipinski definition) is 2. The van der Waals surface area contributed by atoms with Gasteiger partial charge < -0.3 is 19.7 Å². The number of carbonyl (C=O) groups excluding carboxylic acids is 3. The molecule has 8 nitrogen and oxygen atoms in total. The maximum atomic E-state index is 12.9. The maximum absolute atomic E-state index is 12.9. The first-order valence-corrected chi connectivity index (χ1v) is 12.3. The second kappa shape index (κ2) is 9.43. The smallest absolute Gasteiger partial charge is 0.255 e. The summed E-state index contributed by atoms with van der Waals surface area (Å²) < 4.78 is 12.1. The molecule has 4 aliphatic rings. The summed E-state index contributed by atoms with van der Waals surface area (Å²) in [5.74, 6) is -0.0578. The summed E-state index contributed by atoms with van der Waals surface area (Å²) in [6.07, 6.45) is 8.85. The highest BCUT2D eigenvalue weighted by Crippen LogP contribution is 2.32. The number of piperidine rings is 1. The Kier molecular flexibility index (Phi) is 6.38. The van der Waals surface area contributed by atoms with E-state index >= 15 is 0 Å². The zero-order chi connectivity index (χ0) is 22.9. The number of hydrogen-bond acceptors (Lipinski definition) is 6. The van der Waals surface area contributed by atoms with E-state index in [2.05, 4.69) is 10.6 Å². The first kappa shape index (κ1) is 22.3. The standard InChI is InChI=1S/C25H33N3O5/c1-32-21-8-4-6-18(21)26-19-5-2-3-7-22(19)33-16-9-10-17-15(13-16)14-28(25(17)31)20-11-12-23(29)27-24(20)30/h9-10,13,18-22,26H,2-8,11-12,14H2,1H3,(H,27,29,30)/t18-,19-,20?,21-,22-/m1/s1. The van der Waals surface area contributed by atoms with Crippen LogP contribution in [-0.4, -0.2) is 60.1 Å². The molecule has 5 rings (SSSR count). The molecule has 1 aromatic carbocycles. The van der Waals surface area contributed by atoms with Crippen molar-refractivity contribution in [2.75, 3.05) is 7.11 Å². The first-order valence-electron chi connectivity index (χ1n) is 12.3. The summed E-state index contributed by atoms with van der Waals surface area (Å²) in [5.41, 5.74) is 1.48. The number of methoxy groups -OCH3 is 1. The summed E-state index contributed by atoms with van der Waals surface area (Å²) in [6.45, 7) is 0.363. The predicted molar refractivity (Wildman–Crippen MR) is 121 cm³/mol. The van der Waals surface area contributed by atoms with Crippen molar-refractivity contribution in [1.29, 1.82) is 0 Å². The van der Waals surface area contributed by atoms with Crippen LogP contribution in [0.2, 0.25) is 0 Å². The molecule has 8 heteroatoms. The highest BCUT2D eigenvalue weighted by molar-refractivity contribution is 6.05. The van der Waals surface area contributed by atoms with Gasteiger partial charge in [-0.25, -0.2) is 0 Å². The van der Waals surface area contributed by atoms with Crippen LogP contribution in [0.15, 0.2) is 18.2 Å². The number of nitrogens with zero attached hydrogens (tertiary/aromatic N) is 1. The molecule has 3 fully saturated rings. The van der Waals surface area contributed by atoms with Crippen molar-refractivity contribution in [1.82, 2.24) is 15.5 Å². The molecule has 0 radical (unpaired) electrons. The third kappa shape index (κ3) is 4.51. The van der Waals surface area contributed by atoms with Gasteiger partial charge in [-0.05, 0) is 68.7 Å². The fourth-order valence-electron chi connectivity index (χ4n) is 5.90. The van der Waals surface area contributed by atoms with Crippen LogP contribution in [-0.2, 0) is 20.9 Å². The Balaban J connectivity index is 1.26. The molecule has 2 N–H and O–H groups in total. The fraction of sp³-hybridized carbons (Fsp3) is 0.640. The van der Waals surface area contributed by atoms with Crippen molar-refractivity contribution in [2.45, 2.75) is 94.7 Å². The predicted octanol–water partition coefficient (Wildman–Crippen LogP) is 2.29. The Labute approximate surface area is 194 Å². The third-order valence-electron chi connectivity index (χ3n) is 7.67. The van der Waals surface area contributed by atoms with Gasteiger partial charge in [-0.3, -0.25) is 19.7 Å².